The minimum atomic E-state index is -0.493. The molecule has 1 fully saturated rings. The number of benzene rings is 2. The number of carbonyl (C=O) groups excluding carboxylic acids is 2. The molecule has 1 aliphatic rings. The first kappa shape index (κ1) is 27.4. The van der Waals surface area contributed by atoms with Gasteiger partial charge in [0.1, 0.15) is 0 Å². The topological polar surface area (TPSA) is 59.1 Å². The number of likely N-dealkylation sites (tertiary alicyclic amines) is 1. The highest BCUT2D eigenvalue weighted by atomic mass is 16.5. The van der Waals surface area contributed by atoms with Gasteiger partial charge >= 0.3 is 0 Å². The zero-order valence-corrected chi connectivity index (χ0v) is 21.6. The van der Waals surface area contributed by atoms with Gasteiger partial charge in [0, 0.05) is 24.7 Å². The van der Waals surface area contributed by atoms with Crippen LogP contribution in [-0.2, 0) is 11.2 Å². The Bertz CT molecular complexity index is 930. The summed E-state index contributed by atoms with van der Waals surface area (Å²) in [4.78, 5) is 30.1. The number of ether oxygens (including phenoxy) is 2. The van der Waals surface area contributed by atoms with Crippen LogP contribution in [0.3, 0.4) is 0 Å². The molecule has 2 aromatic carbocycles. The monoisotopic (exact) mass is 468 g/mol. The number of amides is 1. The van der Waals surface area contributed by atoms with Crippen LogP contribution in [0, 0.1) is 6.92 Å². The van der Waals surface area contributed by atoms with Crippen molar-refractivity contribution in [3.8, 4) is 11.5 Å². The fourth-order valence-corrected chi connectivity index (χ4v) is 4.48. The lowest BCUT2D eigenvalue weighted by atomic mass is 10.0. The van der Waals surface area contributed by atoms with Crippen molar-refractivity contribution >= 4 is 11.7 Å². The predicted octanol–water partition coefficient (Wildman–Crippen LogP) is 4.78. The molecule has 0 aliphatic carbocycles. The summed E-state index contributed by atoms with van der Waals surface area (Å²) >= 11 is 0. The van der Waals surface area contributed by atoms with Crippen LogP contribution < -0.4 is 9.47 Å². The van der Waals surface area contributed by atoms with E-state index in [-0.39, 0.29) is 6.04 Å². The van der Waals surface area contributed by atoms with E-state index in [0.29, 0.717) is 23.6 Å². The van der Waals surface area contributed by atoms with E-state index in [1.165, 1.54) is 12.7 Å². The number of rotatable bonds is 10. The van der Waals surface area contributed by atoms with Crippen molar-refractivity contribution in [2.75, 3.05) is 40.9 Å². The average Bonchev–Trinajstić information content (AvgIpc) is 3.32. The second-order valence-electron chi connectivity index (χ2n) is 8.50. The quantitative estimate of drug-likeness (QED) is 0.371. The summed E-state index contributed by atoms with van der Waals surface area (Å²) in [5, 5.41) is 0. The van der Waals surface area contributed by atoms with Crippen molar-refractivity contribution in [1.29, 1.82) is 0 Å². The zero-order valence-electron chi connectivity index (χ0n) is 21.6. The van der Waals surface area contributed by atoms with Crippen LogP contribution in [0.25, 0.3) is 0 Å². The molecule has 6 heteroatoms. The van der Waals surface area contributed by atoms with Gasteiger partial charge < -0.3 is 19.3 Å². The molecule has 0 saturated carbocycles. The standard InChI is InChI=1S/C26H34N2O4.C2H6/c1-19-16-21(17-23(31-3)25(19)32-4)24(29)26(30)28-15-9-13-22(28)18-27(2)14-8-12-20-10-6-5-7-11-20;1-2/h5-7,10-11,16-17,22H,8-9,12-15,18H2,1-4H3;1-2H3. The summed E-state index contributed by atoms with van der Waals surface area (Å²) < 4.78 is 10.7. The van der Waals surface area contributed by atoms with Crippen molar-refractivity contribution in [2.24, 2.45) is 0 Å². The molecule has 0 bridgehead atoms. The number of likely N-dealkylation sites (N-methyl/N-ethyl adjacent to an activating group) is 1. The average molecular weight is 469 g/mol. The van der Waals surface area contributed by atoms with Crippen LogP contribution in [0.2, 0.25) is 0 Å². The molecule has 1 saturated heterocycles. The third kappa shape index (κ3) is 7.07. The van der Waals surface area contributed by atoms with Gasteiger partial charge in [-0.25, -0.2) is 0 Å². The molecular formula is C28H40N2O4. The molecule has 2 aromatic rings. The van der Waals surface area contributed by atoms with E-state index in [0.717, 1.165) is 44.3 Å². The second kappa shape index (κ2) is 13.8. The van der Waals surface area contributed by atoms with E-state index in [1.807, 2.05) is 26.8 Å². The van der Waals surface area contributed by atoms with Gasteiger partial charge in [0.05, 0.1) is 14.2 Å². The Morgan fingerprint density at radius 3 is 2.44 bits per heavy atom. The Hall–Kier alpha value is -2.86. The van der Waals surface area contributed by atoms with Crippen LogP contribution >= 0.6 is 0 Å². The fourth-order valence-electron chi connectivity index (χ4n) is 4.48. The van der Waals surface area contributed by atoms with Gasteiger partial charge in [0.2, 0.25) is 0 Å². The Balaban J connectivity index is 0.00000199. The molecule has 0 aromatic heterocycles. The van der Waals surface area contributed by atoms with Gasteiger partial charge in [-0.05, 0) is 69.5 Å². The van der Waals surface area contributed by atoms with Crippen LogP contribution in [0.15, 0.2) is 42.5 Å². The van der Waals surface area contributed by atoms with E-state index in [1.54, 1.807) is 24.1 Å². The highest BCUT2D eigenvalue weighted by Crippen LogP contribution is 2.32. The molecular weight excluding hydrogens is 428 g/mol. The molecule has 1 heterocycles. The molecule has 1 unspecified atom stereocenters. The van der Waals surface area contributed by atoms with Crippen LogP contribution in [0.1, 0.15) is 54.6 Å². The Morgan fingerprint density at radius 2 is 1.79 bits per heavy atom. The van der Waals surface area contributed by atoms with Crippen molar-refractivity contribution in [1.82, 2.24) is 9.80 Å². The van der Waals surface area contributed by atoms with E-state index >= 15 is 0 Å². The molecule has 34 heavy (non-hydrogen) atoms. The molecule has 186 valence electrons. The maximum Gasteiger partial charge on any atom is 0.295 e. The fraction of sp³-hybridized carbons (Fsp3) is 0.500. The minimum absolute atomic E-state index is 0.0643. The summed E-state index contributed by atoms with van der Waals surface area (Å²) in [7, 11) is 5.17. The third-order valence-electron chi connectivity index (χ3n) is 6.13. The maximum absolute atomic E-state index is 13.1. The first-order valence-corrected chi connectivity index (χ1v) is 12.2. The summed E-state index contributed by atoms with van der Waals surface area (Å²) in [6.45, 7) is 8.19. The zero-order chi connectivity index (χ0) is 25.1. The summed E-state index contributed by atoms with van der Waals surface area (Å²) in [5.41, 5.74) is 2.44. The van der Waals surface area contributed by atoms with E-state index < -0.39 is 11.7 Å². The number of aryl methyl sites for hydroxylation is 2. The number of hydrogen-bond donors (Lipinski definition) is 0. The SMILES string of the molecule is CC.COc1cc(C(=O)C(=O)N2CCCC2CN(C)CCCc2ccccc2)cc(C)c1OC. The van der Waals surface area contributed by atoms with Crippen LogP contribution in [0.4, 0.5) is 0 Å². The predicted molar refractivity (Wildman–Crippen MR) is 137 cm³/mol. The molecule has 0 N–H and O–H groups in total. The molecule has 6 nitrogen and oxygen atoms in total. The summed E-state index contributed by atoms with van der Waals surface area (Å²) in [5.74, 6) is 0.108. The Kier molecular flexibility index (Phi) is 11.1. The van der Waals surface area contributed by atoms with Crippen molar-refractivity contribution in [3.63, 3.8) is 0 Å². The van der Waals surface area contributed by atoms with Crippen molar-refractivity contribution in [3.05, 3.63) is 59.2 Å². The molecule has 1 amide bonds. The minimum Gasteiger partial charge on any atom is -0.493 e. The number of carbonyl (C=O) groups is 2. The van der Waals surface area contributed by atoms with Gasteiger partial charge in [0.25, 0.3) is 11.7 Å². The van der Waals surface area contributed by atoms with E-state index in [4.69, 9.17) is 9.47 Å². The van der Waals surface area contributed by atoms with Gasteiger partial charge in [-0.3, -0.25) is 9.59 Å². The number of nitrogens with zero attached hydrogens (tertiary/aromatic N) is 2. The lowest BCUT2D eigenvalue weighted by Gasteiger charge is -2.28. The van der Waals surface area contributed by atoms with Gasteiger partial charge in [0.15, 0.2) is 11.5 Å². The van der Waals surface area contributed by atoms with E-state index in [9.17, 15) is 9.59 Å². The third-order valence-corrected chi connectivity index (χ3v) is 6.13. The van der Waals surface area contributed by atoms with Gasteiger partial charge in [-0.15, -0.1) is 0 Å². The first-order chi connectivity index (χ1) is 16.4. The van der Waals surface area contributed by atoms with Gasteiger partial charge in [-0.1, -0.05) is 44.2 Å². The van der Waals surface area contributed by atoms with Crippen LogP contribution in [-0.4, -0.2) is 68.4 Å². The molecule has 1 aliphatic heterocycles. The largest absolute Gasteiger partial charge is 0.493 e. The number of ketones is 1. The number of Topliss-reactive ketones (excluding diaryl/α,β-unsaturated/α-hetero) is 1. The summed E-state index contributed by atoms with van der Waals surface area (Å²) in [6.07, 6.45) is 3.94. The van der Waals surface area contributed by atoms with Gasteiger partial charge in [-0.2, -0.15) is 0 Å². The lowest BCUT2D eigenvalue weighted by Crippen LogP contribution is -2.45. The Labute approximate surface area is 204 Å². The highest BCUT2D eigenvalue weighted by molar-refractivity contribution is 6.42. The molecule has 0 spiro atoms. The molecule has 1 atom stereocenters. The second-order valence-corrected chi connectivity index (χ2v) is 8.50. The smallest absolute Gasteiger partial charge is 0.295 e. The highest BCUT2D eigenvalue weighted by Gasteiger charge is 2.34. The molecule has 0 radical (unpaired) electrons. The van der Waals surface area contributed by atoms with Crippen LogP contribution in [0.5, 0.6) is 11.5 Å². The Morgan fingerprint density at radius 1 is 1.09 bits per heavy atom. The normalized spacial score (nSPS) is 15.0. The summed E-state index contributed by atoms with van der Waals surface area (Å²) in [6, 6.07) is 13.8. The lowest BCUT2D eigenvalue weighted by molar-refractivity contribution is -0.127. The number of methoxy groups -OCH3 is 2. The molecule has 3 rings (SSSR count). The van der Waals surface area contributed by atoms with E-state index in [2.05, 4.69) is 36.2 Å². The van der Waals surface area contributed by atoms with Crippen molar-refractivity contribution in [2.45, 2.75) is 52.5 Å². The maximum atomic E-state index is 13.1. The van der Waals surface area contributed by atoms with Crippen molar-refractivity contribution < 1.29 is 19.1 Å². The first-order valence-electron chi connectivity index (χ1n) is 12.2. The number of hydrogen-bond acceptors (Lipinski definition) is 5.